The summed E-state index contributed by atoms with van der Waals surface area (Å²) in [7, 11) is -8.52. The van der Waals surface area contributed by atoms with E-state index in [9.17, 15) is 74.7 Å². The predicted molar refractivity (Wildman–Crippen MR) is 239 cm³/mol. The highest BCUT2D eigenvalue weighted by Gasteiger charge is 2.54. The molecule has 7 rings (SSSR count). The van der Waals surface area contributed by atoms with Gasteiger partial charge in [-0.1, -0.05) is 0 Å². The van der Waals surface area contributed by atoms with Crippen molar-refractivity contribution >= 4 is 37.5 Å². The SMILES string of the molecule is O=C(NO)C1(S(=O)(=O)c2ccc(-c3ccc(OC(F)(F)C(F)F)cc3)nc2)CCOCC1.O=C(NOC1CCCCO1)C1(S(=O)(=O)c2ccc(-c3ccc(OC(F)(F)C(F)F)cc3)nc2)CCOCC1.O=C(O)C(F)(F)F. The number of carbonyl (C=O) groups is 3. The molecule has 0 radical (unpaired) electrons. The quantitative estimate of drug-likeness (QED) is 0.0486. The Morgan fingerprint density at radius 3 is 1.31 bits per heavy atom. The number of halogens is 11. The van der Waals surface area contributed by atoms with Gasteiger partial charge in [0.2, 0.25) is 0 Å². The molecule has 3 aliphatic rings. The van der Waals surface area contributed by atoms with Crippen LogP contribution in [0, 0.1) is 0 Å². The Kier molecular flexibility index (Phi) is 20.3. The Morgan fingerprint density at radius 1 is 0.610 bits per heavy atom. The predicted octanol–water partition coefficient (Wildman–Crippen LogP) is 7.33. The maximum absolute atomic E-state index is 13.7. The smallest absolute Gasteiger partial charge is 0.475 e. The van der Waals surface area contributed by atoms with Crippen LogP contribution in [0.1, 0.15) is 44.9 Å². The normalized spacial score (nSPS) is 17.9. The molecular weight excluding hydrogens is 1110 g/mol. The zero-order chi connectivity index (χ0) is 57.0. The Labute approximate surface area is 429 Å². The molecule has 2 amide bonds. The van der Waals surface area contributed by atoms with Crippen LogP contribution in [-0.4, -0.2) is 135 Å². The molecule has 0 aliphatic carbocycles. The molecule has 3 fully saturated rings. The zero-order valence-corrected chi connectivity index (χ0v) is 41.0. The van der Waals surface area contributed by atoms with Crippen LogP contribution in [0.2, 0.25) is 0 Å². The van der Waals surface area contributed by atoms with Crippen LogP contribution >= 0.6 is 0 Å². The maximum Gasteiger partial charge on any atom is 0.490 e. The van der Waals surface area contributed by atoms with Gasteiger partial charge in [-0.15, -0.1) is 0 Å². The second-order valence-electron chi connectivity index (χ2n) is 16.5. The lowest BCUT2D eigenvalue weighted by Gasteiger charge is -2.35. The Balaban J connectivity index is 0.000000255. The van der Waals surface area contributed by atoms with E-state index in [1.165, 1.54) is 54.0 Å². The summed E-state index contributed by atoms with van der Waals surface area (Å²) in [5.74, 6) is -5.62. The van der Waals surface area contributed by atoms with Gasteiger partial charge in [-0.05, 0) is 111 Å². The lowest BCUT2D eigenvalue weighted by atomic mass is 9.98. The Hall–Kier alpha value is -6.32. The first kappa shape index (κ1) is 61.5. The summed E-state index contributed by atoms with van der Waals surface area (Å²) in [6, 6.07) is 14.6. The fourth-order valence-corrected chi connectivity index (χ4v) is 11.2. The van der Waals surface area contributed by atoms with Crippen molar-refractivity contribution in [3.63, 3.8) is 0 Å². The third-order valence-corrected chi connectivity index (χ3v) is 16.6. The van der Waals surface area contributed by atoms with Crippen molar-refractivity contribution in [2.24, 2.45) is 0 Å². The number of hydrogen-bond donors (Lipinski definition) is 4. The molecule has 77 heavy (non-hydrogen) atoms. The van der Waals surface area contributed by atoms with Gasteiger partial charge >= 0.3 is 37.2 Å². The van der Waals surface area contributed by atoms with Gasteiger partial charge in [0.25, 0.3) is 11.8 Å². The van der Waals surface area contributed by atoms with Crippen molar-refractivity contribution in [2.75, 3.05) is 33.0 Å². The largest absolute Gasteiger partial charge is 0.490 e. The van der Waals surface area contributed by atoms with Gasteiger partial charge in [0.1, 0.15) is 11.5 Å². The number of amides is 2. The minimum absolute atomic E-state index is 0.0111. The van der Waals surface area contributed by atoms with Crippen LogP contribution in [0.5, 0.6) is 11.5 Å². The van der Waals surface area contributed by atoms with E-state index >= 15 is 0 Å². The van der Waals surface area contributed by atoms with E-state index in [4.69, 9.17) is 34.2 Å². The lowest BCUT2D eigenvalue weighted by molar-refractivity contribution is -0.253. The molecule has 0 spiro atoms. The lowest BCUT2D eigenvalue weighted by Crippen LogP contribution is -2.56. The molecule has 3 saturated heterocycles. The third-order valence-electron chi connectivity index (χ3n) is 11.6. The summed E-state index contributed by atoms with van der Waals surface area (Å²) >= 11 is 0. The maximum atomic E-state index is 13.7. The van der Waals surface area contributed by atoms with Crippen molar-refractivity contribution in [3.8, 4) is 34.0 Å². The number of carboxylic acid groups (broad SMARTS) is 1. The van der Waals surface area contributed by atoms with E-state index in [0.717, 1.165) is 49.5 Å². The highest BCUT2D eigenvalue weighted by atomic mass is 32.2. The monoisotopic (exact) mass is 1150 g/mol. The van der Waals surface area contributed by atoms with Gasteiger partial charge < -0.3 is 28.8 Å². The molecule has 4 N–H and O–H groups in total. The van der Waals surface area contributed by atoms with Crippen molar-refractivity contribution in [1.82, 2.24) is 20.9 Å². The summed E-state index contributed by atoms with van der Waals surface area (Å²) in [6.07, 6.45) is -19.1. The molecule has 1 atom stereocenters. The van der Waals surface area contributed by atoms with Crippen LogP contribution in [0.25, 0.3) is 22.5 Å². The molecule has 2 aromatic carbocycles. The molecule has 0 saturated carbocycles. The number of ether oxygens (including phenoxy) is 5. The van der Waals surface area contributed by atoms with Crippen LogP contribution in [0.4, 0.5) is 48.3 Å². The van der Waals surface area contributed by atoms with Gasteiger partial charge in [0, 0.05) is 63.0 Å². The molecule has 32 heteroatoms. The van der Waals surface area contributed by atoms with Crippen molar-refractivity contribution in [1.29, 1.82) is 0 Å². The molecule has 19 nitrogen and oxygen atoms in total. The number of sulfone groups is 2. The van der Waals surface area contributed by atoms with Crippen LogP contribution in [0.3, 0.4) is 0 Å². The van der Waals surface area contributed by atoms with Gasteiger partial charge in [-0.2, -0.15) is 48.3 Å². The number of hydrogen-bond acceptors (Lipinski definition) is 16. The molecule has 0 bridgehead atoms. The Bertz CT molecular complexity index is 2840. The van der Waals surface area contributed by atoms with E-state index in [-0.39, 0.29) is 73.3 Å². The number of pyridine rings is 2. The summed E-state index contributed by atoms with van der Waals surface area (Å²) in [5, 5.41) is 16.2. The van der Waals surface area contributed by atoms with Gasteiger partial charge in [0.15, 0.2) is 35.5 Å². The number of nitrogens with zero attached hydrogens (tertiary/aromatic N) is 2. The molecule has 2 aromatic heterocycles. The number of carbonyl (C=O) groups excluding carboxylic acids is 2. The molecular formula is C45H45F11N4O15S2. The number of alkyl halides is 11. The molecule has 5 heterocycles. The van der Waals surface area contributed by atoms with Gasteiger partial charge in [-0.3, -0.25) is 24.8 Å². The number of aliphatic carboxylic acids is 1. The number of rotatable bonds is 16. The van der Waals surface area contributed by atoms with Crippen molar-refractivity contribution in [3.05, 3.63) is 85.2 Å². The average Bonchev–Trinajstić information content (AvgIpc) is 3.45. The van der Waals surface area contributed by atoms with Gasteiger partial charge in [-0.25, -0.2) is 37.4 Å². The highest BCUT2D eigenvalue weighted by Crippen LogP contribution is 2.38. The van der Waals surface area contributed by atoms with E-state index in [1.807, 2.05) is 0 Å². The minimum atomic E-state index is -5.08. The molecule has 3 aliphatic heterocycles. The average molecular weight is 1150 g/mol. The standard InChI is InChI=1S/C24H26F4N2O7S.C19H18F4N2O6S.C2HF3O2/c25-21(26)24(27,28)36-17-6-4-16(5-7-17)19-9-8-18(15-29-19)38(32,33)23(10-13-34-14-11-23)22(31)30-37-20-3-1-2-12-35-20;20-16(21)19(22,23)31-13-3-1-12(2-4-13)15-6-5-14(11-24-15)32(28,29)18(17(26)25-27)7-9-30-10-8-18;3-2(4,5)1(6)7/h4-9,15,20-21H,1-3,10-14H2,(H,30,31);1-6,11,16,27H,7-10H2,(H,25,26);(H,6,7). The van der Waals surface area contributed by atoms with E-state index in [0.29, 0.717) is 24.2 Å². The summed E-state index contributed by atoms with van der Waals surface area (Å²) < 4.78 is 207. The van der Waals surface area contributed by atoms with Crippen LogP contribution in [0.15, 0.2) is 95.0 Å². The van der Waals surface area contributed by atoms with Crippen LogP contribution < -0.4 is 20.4 Å². The Morgan fingerprint density at radius 2 is 1.00 bits per heavy atom. The fraction of sp³-hybridized carbons (Fsp3) is 0.444. The first-order valence-corrected chi connectivity index (χ1v) is 25.3. The van der Waals surface area contributed by atoms with E-state index in [1.54, 1.807) is 0 Å². The second-order valence-corrected chi connectivity index (χ2v) is 21.1. The fourth-order valence-electron chi connectivity index (χ4n) is 7.42. The zero-order valence-electron chi connectivity index (χ0n) is 39.4. The van der Waals surface area contributed by atoms with Crippen molar-refractivity contribution in [2.45, 2.75) is 102 Å². The third kappa shape index (κ3) is 14.8. The van der Waals surface area contributed by atoms with Crippen molar-refractivity contribution < 1.29 is 118 Å². The molecule has 1 unspecified atom stereocenters. The minimum Gasteiger partial charge on any atom is -0.475 e. The number of nitrogens with one attached hydrogen (secondary N) is 2. The number of hydroxylamine groups is 2. The number of benzene rings is 2. The van der Waals surface area contributed by atoms with Gasteiger partial charge in [0.05, 0.1) is 21.2 Å². The molecule has 424 valence electrons. The first-order chi connectivity index (χ1) is 36.0. The summed E-state index contributed by atoms with van der Waals surface area (Å²) in [4.78, 5) is 47.4. The second kappa shape index (κ2) is 25.4. The highest BCUT2D eigenvalue weighted by molar-refractivity contribution is 7.94. The van der Waals surface area contributed by atoms with E-state index in [2.05, 4.69) is 24.9 Å². The van der Waals surface area contributed by atoms with Crippen LogP contribution in [-0.2, 0) is 53.1 Å². The molecule has 4 aromatic rings. The summed E-state index contributed by atoms with van der Waals surface area (Å²) in [6.45, 7) is 0.608. The number of carboxylic acids is 1. The topological polar surface area (TPSA) is 265 Å². The van der Waals surface area contributed by atoms with E-state index < -0.39 is 96.0 Å². The first-order valence-electron chi connectivity index (χ1n) is 22.3. The summed E-state index contributed by atoms with van der Waals surface area (Å²) in [5.41, 5.74) is 4.98. The number of aromatic nitrogens is 2.